The fourth-order valence-electron chi connectivity index (χ4n) is 2.82. The first-order chi connectivity index (χ1) is 12.8. The number of halogens is 1. The van der Waals surface area contributed by atoms with Gasteiger partial charge in [-0.25, -0.2) is 4.98 Å². The second-order valence-corrected chi connectivity index (χ2v) is 7.85. The molecule has 27 heavy (non-hydrogen) atoms. The van der Waals surface area contributed by atoms with Crippen LogP contribution in [0.3, 0.4) is 0 Å². The van der Waals surface area contributed by atoms with E-state index in [1.807, 2.05) is 0 Å². The summed E-state index contributed by atoms with van der Waals surface area (Å²) in [6.07, 6.45) is -0.878. The van der Waals surface area contributed by atoms with Crippen LogP contribution in [0, 0.1) is 0 Å². The Bertz CT molecular complexity index is 834. The van der Waals surface area contributed by atoms with E-state index in [0.717, 1.165) is 11.8 Å². The number of nitrogens with zero attached hydrogens (tertiary/aromatic N) is 5. The van der Waals surface area contributed by atoms with Crippen molar-refractivity contribution < 1.29 is 19.7 Å². The fourth-order valence-corrected chi connectivity index (χ4v) is 4.54. The van der Waals surface area contributed by atoms with Gasteiger partial charge >= 0.3 is 0 Å². The molecule has 148 valence electrons. The van der Waals surface area contributed by atoms with E-state index >= 15 is 0 Å². The number of anilines is 1. The van der Waals surface area contributed by atoms with Crippen molar-refractivity contribution in [2.75, 3.05) is 39.7 Å². The highest BCUT2D eigenvalue weighted by Gasteiger charge is 2.47. The zero-order valence-corrected chi connectivity index (χ0v) is 16.6. The lowest BCUT2D eigenvalue weighted by Crippen LogP contribution is -2.40. The Morgan fingerprint density at radius 2 is 2.15 bits per heavy atom. The van der Waals surface area contributed by atoms with Crippen molar-refractivity contribution >= 4 is 46.3 Å². The third-order valence-electron chi connectivity index (χ3n) is 4.19. The first-order valence-electron chi connectivity index (χ1n) is 8.20. The predicted octanol–water partition coefficient (Wildman–Crippen LogP) is -0.0380. The summed E-state index contributed by atoms with van der Waals surface area (Å²) in [4.78, 5) is 26.3. The van der Waals surface area contributed by atoms with Gasteiger partial charge in [0, 0.05) is 27.7 Å². The van der Waals surface area contributed by atoms with Crippen molar-refractivity contribution in [2.24, 2.45) is 0 Å². The Balaban J connectivity index is 1.94. The summed E-state index contributed by atoms with van der Waals surface area (Å²) >= 11 is 7.20. The molecule has 1 amide bonds. The number of methoxy groups -OCH3 is 1. The second kappa shape index (κ2) is 8.15. The van der Waals surface area contributed by atoms with Crippen LogP contribution < -0.4 is 5.32 Å². The number of amides is 1. The molecule has 3 rings (SSSR count). The Hall–Kier alpha value is -1.66. The average Bonchev–Trinajstić information content (AvgIpc) is 3.16. The predicted molar refractivity (Wildman–Crippen MR) is 102 cm³/mol. The van der Waals surface area contributed by atoms with Crippen LogP contribution >= 0.6 is 23.4 Å². The highest BCUT2D eigenvalue weighted by atomic mass is 35.5. The summed E-state index contributed by atoms with van der Waals surface area (Å²) in [7, 11) is 4.80. The van der Waals surface area contributed by atoms with E-state index in [2.05, 4.69) is 20.3 Å². The molecular weight excluding hydrogens is 396 g/mol. The van der Waals surface area contributed by atoms with Gasteiger partial charge in [0.25, 0.3) is 0 Å². The smallest absolute Gasteiger partial charge is 0.238 e. The highest BCUT2D eigenvalue weighted by molar-refractivity contribution is 8.01. The van der Waals surface area contributed by atoms with Crippen molar-refractivity contribution in [2.45, 2.75) is 22.8 Å². The minimum absolute atomic E-state index is 0.0168. The first-order valence-corrected chi connectivity index (χ1v) is 9.53. The van der Waals surface area contributed by atoms with Crippen LogP contribution in [0.15, 0.2) is 6.33 Å². The standard InChI is InChI=1S/C15H21ClN6O4S/c1-21(2)13(25)10-8(23)9(24)14(27-10)22-6-18-7-11(17-4-5-26-3)19-15(16)20-12(7)22/h6,8-10,14,23-24H,4-5H2,1-3H3,(H,17,19,20)/t8-,9+,10-,14+/m0/s1. The molecule has 2 aromatic heterocycles. The number of rotatable bonds is 6. The summed E-state index contributed by atoms with van der Waals surface area (Å²) < 4.78 is 6.61. The number of aliphatic hydroxyl groups is 2. The van der Waals surface area contributed by atoms with Gasteiger partial charge in [0.1, 0.15) is 22.8 Å². The molecule has 0 aliphatic carbocycles. The summed E-state index contributed by atoms with van der Waals surface area (Å²) in [5.74, 6) is 0.174. The molecule has 1 aliphatic rings. The van der Waals surface area contributed by atoms with Crippen LogP contribution in [0.2, 0.25) is 5.28 Å². The maximum Gasteiger partial charge on any atom is 0.238 e. The molecule has 2 aromatic rings. The van der Waals surface area contributed by atoms with Gasteiger partial charge in [0.15, 0.2) is 17.0 Å². The zero-order chi connectivity index (χ0) is 19.7. The van der Waals surface area contributed by atoms with Gasteiger partial charge in [-0.05, 0) is 11.6 Å². The Morgan fingerprint density at radius 3 is 2.81 bits per heavy atom. The number of imidazole rings is 1. The maximum atomic E-state index is 12.3. The second-order valence-electron chi connectivity index (χ2n) is 6.25. The van der Waals surface area contributed by atoms with Gasteiger partial charge in [0.2, 0.25) is 11.2 Å². The fraction of sp³-hybridized carbons (Fsp3) is 0.600. The Kier molecular flexibility index (Phi) is 6.06. The molecule has 10 nitrogen and oxygen atoms in total. The van der Waals surface area contributed by atoms with E-state index in [9.17, 15) is 15.0 Å². The van der Waals surface area contributed by atoms with Crippen molar-refractivity contribution in [1.82, 2.24) is 24.4 Å². The lowest BCUT2D eigenvalue weighted by Gasteiger charge is -2.18. The topological polar surface area (TPSA) is 126 Å². The van der Waals surface area contributed by atoms with Gasteiger partial charge in [-0.2, -0.15) is 9.97 Å². The third kappa shape index (κ3) is 3.83. The monoisotopic (exact) mass is 416 g/mol. The highest BCUT2D eigenvalue weighted by Crippen LogP contribution is 2.43. The largest absolute Gasteiger partial charge is 0.389 e. The number of carbonyl (C=O) groups excluding carboxylic acids is 1. The normalized spacial score (nSPS) is 25.1. The van der Waals surface area contributed by atoms with Gasteiger partial charge < -0.3 is 25.2 Å². The number of aromatic nitrogens is 4. The number of nitrogens with one attached hydrogen (secondary N) is 1. The maximum absolute atomic E-state index is 12.3. The van der Waals surface area contributed by atoms with E-state index < -0.39 is 22.8 Å². The van der Waals surface area contributed by atoms with Crippen LogP contribution in [0.1, 0.15) is 5.37 Å². The summed E-state index contributed by atoms with van der Waals surface area (Å²) in [5, 5.41) is 22.5. The molecule has 12 heteroatoms. The molecule has 0 spiro atoms. The molecule has 0 radical (unpaired) electrons. The van der Waals surface area contributed by atoms with Crippen LogP contribution in [0.25, 0.3) is 11.2 Å². The average molecular weight is 417 g/mol. The SMILES string of the molecule is COCCNc1nc(Cl)nc2c1ncn2[C@@H]1S[C@H](C(=O)N(C)C)[C@@H](O)[C@H]1O. The minimum Gasteiger partial charge on any atom is -0.389 e. The molecule has 3 heterocycles. The molecule has 4 atom stereocenters. The van der Waals surface area contributed by atoms with Crippen LogP contribution in [-0.4, -0.2) is 92.4 Å². The molecule has 0 bridgehead atoms. The van der Waals surface area contributed by atoms with Crippen molar-refractivity contribution in [1.29, 1.82) is 0 Å². The van der Waals surface area contributed by atoms with Crippen LogP contribution in [0.4, 0.5) is 5.82 Å². The molecule has 0 unspecified atom stereocenters. The lowest BCUT2D eigenvalue weighted by molar-refractivity contribution is -0.131. The van der Waals surface area contributed by atoms with E-state index in [4.69, 9.17) is 16.3 Å². The summed E-state index contributed by atoms with van der Waals surface area (Å²) in [5.41, 5.74) is 0.872. The quantitative estimate of drug-likeness (QED) is 0.439. The molecule has 1 saturated heterocycles. The molecule has 1 aliphatic heterocycles. The van der Waals surface area contributed by atoms with E-state index in [-0.39, 0.29) is 11.2 Å². The summed E-state index contributed by atoms with van der Waals surface area (Å²) in [6, 6.07) is 0. The van der Waals surface area contributed by atoms with Crippen molar-refractivity contribution in [3.63, 3.8) is 0 Å². The lowest BCUT2D eigenvalue weighted by atomic mass is 10.1. The van der Waals surface area contributed by atoms with Crippen LogP contribution in [-0.2, 0) is 9.53 Å². The minimum atomic E-state index is -1.20. The molecular formula is C15H21ClN6O4S. The number of fused-ring (bicyclic) bond motifs is 1. The molecule has 1 fully saturated rings. The zero-order valence-electron chi connectivity index (χ0n) is 15.0. The first kappa shape index (κ1) is 20.1. The number of hydrogen-bond acceptors (Lipinski definition) is 9. The van der Waals surface area contributed by atoms with Gasteiger partial charge in [0.05, 0.1) is 12.9 Å². The number of hydrogen-bond donors (Lipinski definition) is 3. The summed E-state index contributed by atoms with van der Waals surface area (Å²) in [6.45, 7) is 0.978. The van der Waals surface area contributed by atoms with Crippen molar-refractivity contribution in [3.8, 4) is 0 Å². The Labute approximate surface area is 164 Å². The number of carbonyl (C=O) groups is 1. The van der Waals surface area contributed by atoms with Crippen molar-refractivity contribution in [3.05, 3.63) is 11.6 Å². The van der Waals surface area contributed by atoms with Crippen LogP contribution in [0.5, 0.6) is 0 Å². The number of thioether (sulfide) groups is 1. The van der Waals surface area contributed by atoms with E-state index in [1.54, 1.807) is 25.8 Å². The number of ether oxygens (including phenoxy) is 1. The molecule has 0 aromatic carbocycles. The van der Waals surface area contributed by atoms with E-state index in [0.29, 0.717) is 30.1 Å². The van der Waals surface area contributed by atoms with Gasteiger partial charge in [-0.3, -0.25) is 9.36 Å². The third-order valence-corrected chi connectivity index (χ3v) is 5.92. The van der Waals surface area contributed by atoms with Gasteiger partial charge in [-0.1, -0.05) is 0 Å². The number of aliphatic hydroxyl groups excluding tert-OH is 2. The molecule has 0 saturated carbocycles. The Morgan fingerprint density at radius 1 is 1.41 bits per heavy atom. The van der Waals surface area contributed by atoms with E-state index in [1.165, 1.54) is 11.2 Å². The molecule has 3 N–H and O–H groups in total. The van der Waals surface area contributed by atoms with Gasteiger partial charge in [-0.15, -0.1) is 11.8 Å².